The summed E-state index contributed by atoms with van der Waals surface area (Å²) in [7, 11) is 0. The van der Waals surface area contributed by atoms with Crippen molar-refractivity contribution >= 4 is 43.7 Å². The minimum Gasteiger partial charge on any atom is -0.252 e. The minimum absolute atomic E-state index is 0.341. The molecule has 42 heavy (non-hydrogen) atoms. The smallest absolute Gasteiger partial charge is 0.207 e. The van der Waals surface area contributed by atoms with Gasteiger partial charge in [0.1, 0.15) is 0 Å². The number of hydrazone groups is 1. The van der Waals surface area contributed by atoms with Gasteiger partial charge in [-0.2, -0.15) is 10.1 Å². The van der Waals surface area contributed by atoms with E-state index in [1.807, 2.05) is 24.3 Å². The molecule has 4 aliphatic carbocycles. The van der Waals surface area contributed by atoms with Gasteiger partial charge in [-0.05, 0) is 104 Å². The fourth-order valence-corrected chi connectivity index (χ4v) is 10.8. The third-order valence-electron chi connectivity index (χ3n) is 12.3. The molecule has 0 spiro atoms. The Morgan fingerprint density at radius 1 is 0.952 bits per heavy atom. The van der Waals surface area contributed by atoms with Gasteiger partial charge in [-0.25, -0.2) is 9.97 Å². The van der Waals surface area contributed by atoms with Crippen molar-refractivity contribution in [2.45, 2.75) is 105 Å². The molecule has 7 atom stereocenters. The van der Waals surface area contributed by atoms with Crippen molar-refractivity contribution < 1.29 is 0 Å². The predicted octanol–water partition coefficient (Wildman–Crippen LogP) is 10.0. The Kier molecular flexibility index (Phi) is 7.43. The normalized spacial score (nSPS) is 34.3. The molecule has 2 aromatic heterocycles. The van der Waals surface area contributed by atoms with Crippen LogP contribution in [0, 0.1) is 46.3 Å². The highest BCUT2D eigenvalue weighted by atomic mass is 32.1. The molecule has 224 valence electrons. The molecule has 0 saturated heterocycles. The number of fused-ring (bicyclic) bond motifs is 7. The second kappa shape index (κ2) is 11.0. The number of rotatable bonds is 7. The number of anilines is 1. The summed E-state index contributed by atoms with van der Waals surface area (Å²) in [5, 5.41) is 6.03. The number of hydrogen-bond donors (Lipinski definition) is 1. The van der Waals surface area contributed by atoms with Crippen LogP contribution in [0.5, 0.6) is 0 Å². The van der Waals surface area contributed by atoms with Gasteiger partial charge in [0.25, 0.3) is 0 Å². The van der Waals surface area contributed by atoms with Gasteiger partial charge in [0.05, 0.1) is 16.7 Å². The molecule has 0 bridgehead atoms. The van der Waals surface area contributed by atoms with E-state index in [0.717, 1.165) is 44.7 Å². The zero-order valence-electron chi connectivity index (χ0n) is 26.3. The Morgan fingerprint density at radius 3 is 2.57 bits per heavy atom. The molecule has 1 N–H and O–H groups in total. The first-order valence-corrected chi connectivity index (χ1v) is 17.7. The molecule has 3 saturated carbocycles. The van der Waals surface area contributed by atoms with Gasteiger partial charge in [-0.1, -0.05) is 89.3 Å². The topological polar surface area (TPSA) is 63.1 Å². The molecule has 0 unspecified atom stereocenters. The van der Waals surface area contributed by atoms with E-state index in [2.05, 4.69) is 46.1 Å². The number of nitrogens with one attached hydrogen (secondary N) is 1. The van der Waals surface area contributed by atoms with Crippen LogP contribution in [0.4, 0.5) is 5.13 Å². The predicted molar refractivity (Wildman–Crippen MR) is 177 cm³/mol. The maximum atomic E-state index is 5.24. The summed E-state index contributed by atoms with van der Waals surface area (Å²) in [5.74, 6) is 4.41. The molecule has 5 nitrogen and oxygen atoms in total. The molecule has 1 aromatic carbocycles. The lowest BCUT2D eigenvalue weighted by molar-refractivity contribution is -0.0214. The van der Waals surface area contributed by atoms with E-state index in [-0.39, 0.29) is 0 Å². The van der Waals surface area contributed by atoms with Gasteiger partial charge in [0, 0.05) is 5.92 Å². The number of aromatic nitrogens is 3. The minimum atomic E-state index is 0.341. The summed E-state index contributed by atoms with van der Waals surface area (Å²) >= 11 is 1.56. The second-order valence-corrected chi connectivity index (χ2v) is 16.0. The highest BCUT2D eigenvalue weighted by molar-refractivity contribution is 7.21. The van der Waals surface area contributed by atoms with Crippen LogP contribution in [0.2, 0.25) is 0 Å². The fourth-order valence-electron chi connectivity index (χ4n) is 10.1. The van der Waals surface area contributed by atoms with Gasteiger partial charge >= 0.3 is 0 Å². The fraction of sp³-hybridized carbons (Fsp3) is 0.667. The van der Waals surface area contributed by atoms with Gasteiger partial charge in [-0.3, -0.25) is 5.43 Å². The molecule has 7 rings (SSSR count). The van der Waals surface area contributed by atoms with Crippen molar-refractivity contribution in [3.63, 3.8) is 0 Å². The molecule has 0 amide bonds. The SMILES string of the molecule is CC(C)CCC[C@@H](C)[C@H]1CC[C@H]2[C@@H]3/C(=N/Nc4nc5nc6ccccc6nc5s4)C=C4CCCC[C@]4(C)[C@H]3CC[C@]12C. The summed E-state index contributed by atoms with van der Waals surface area (Å²) < 4.78 is 0. The van der Waals surface area contributed by atoms with Crippen LogP contribution in [0.15, 0.2) is 41.0 Å². The molecule has 4 aliphatic rings. The third-order valence-corrected chi connectivity index (χ3v) is 13.1. The first-order chi connectivity index (χ1) is 20.3. The van der Waals surface area contributed by atoms with Crippen LogP contribution in [0.25, 0.3) is 21.5 Å². The van der Waals surface area contributed by atoms with Crippen molar-refractivity contribution in [1.29, 1.82) is 0 Å². The average Bonchev–Trinajstić information content (AvgIpc) is 3.54. The number of benzene rings is 1. The van der Waals surface area contributed by atoms with Gasteiger partial charge < -0.3 is 0 Å². The van der Waals surface area contributed by atoms with E-state index in [1.165, 1.54) is 76.3 Å². The van der Waals surface area contributed by atoms with Crippen molar-refractivity contribution in [3.8, 4) is 0 Å². The molecule has 0 radical (unpaired) electrons. The third kappa shape index (κ3) is 4.80. The van der Waals surface area contributed by atoms with E-state index in [9.17, 15) is 0 Å². The maximum Gasteiger partial charge on any atom is 0.207 e. The molecule has 6 heteroatoms. The lowest BCUT2D eigenvalue weighted by Crippen LogP contribution is -2.53. The number of nitrogens with zero attached hydrogens (tertiary/aromatic N) is 4. The lowest BCUT2D eigenvalue weighted by atomic mass is 9.46. The lowest BCUT2D eigenvalue weighted by Gasteiger charge is -2.58. The molecular formula is C36H49N5S. The quantitative estimate of drug-likeness (QED) is 0.281. The molecule has 3 fully saturated rings. The summed E-state index contributed by atoms with van der Waals surface area (Å²) in [6.45, 7) is 12.6. The Bertz CT molecular complexity index is 1470. The van der Waals surface area contributed by atoms with Gasteiger partial charge in [0.2, 0.25) is 5.13 Å². The van der Waals surface area contributed by atoms with E-state index in [1.54, 1.807) is 16.9 Å². The van der Waals surface area contributed by atoms with Crippen molar-refractivity contribution in [2.75, 3.05) is 5.43 Å². The second-order valence-electron chi connectivity index (χ2n) is 15.1. The maximum absolute atomic E-state index is 5.24. The molecule has 3 aromatic rings. The van der Waals surface area contributed by atoms with Crippen LogP contribution in [0.1, 0.15) is 105 Å². The van der Waals surface area contributed by atoms with Crippen LogP contribution in [-0.4, -0.2) is 20.7 Å². The van der Waals surface area contributed by atoms with E-state index in [0.29, 0.717) is 28.3 Å². The Hall–Kier alpha value is -2.34. The van der Waals surface area contributed by atoms with Crippen LogP contribution in [0.3, 0.4) is 0 Å². The number of para-hydroxylation sites is 2. The first kappa shape index (κ1) is 28.4. The summed E-state index contributed by atoms with van der Waals surface area (Å²) in [5.41, 5.74) is 9.66. The van der Waals surface area contributed by atoms with Gasteiger partial charge in [0.15, 0.2) is 10.5 Å². The average molecular weight is 584 g/mol. The zero-order chi connectivity index (χ0) is 29.1. The van der Waals surface area contributed by atoms with Crippen molar-refractivity contribution in [1.82, 2.24) is 15.0 Å². The highest BCUT2D eigenvalue weighted by Crippen LogP contribution is 2.67. The van der Waals surface area contributed by atoms with E-state index in [4.69, 9.17) is 20.1 Å². The van der Waals surface area contributed by atoms with Crippen LogP contribution >= 0.6 is 11.3 Å². The van der Waals surface area contributed by atoms with Gasteiger partial charge in [-0.15, -0.1) is 0 Å². The monoisotopic (exact) mass is 583 g/mol. The summed E-state index contributed by atoms with van der Waals surface area (Å²) in [6.07, 6.45) is 17.4. The molecule has 0 aliphatic heterocycles. The summed E-state index contributed by atoms with van der Waals surface area (Å²) in [6, 6.07) is 8.04. The van der Waals surface area contributed by atoms with Crippen molar-refractivity contribution in [2.24, 2.45) is 51.4 Å². The Morgan fingerprint density at radius 2 is 1.76 bits per heavy atom. The summed E-state index contributed by atoms with van der Waals surface area (Å²) in [4.78, 5) is 15.3. The van der Waals surface area contributed by atoms with E-state index >= 15 is 0 Å². The highest BCUT2D eigenvalue weighted by Gasteiger charge is 2.60. The van der Waals surface area contributed by atoms with Crippen LogP contribution < -0.4 is 5.43 Å². The molecular weight excluding hydrogens is 534 g/mol. The Balaban J connectivity index is 1.20. The largest absolute Gasteiger partial charge is 0.252 e. The molecule has 2 heterocycles. The first-order valence-electron chi connectivity index (χ1n) is 16.8. The zero-order valence-corrected chi connectivity index (χ0v) is 27.1. The van der Waals surface area contributed by atoms with Crippen LogP contribution in [-0.2, 0) is 0 Å². The Labute approximate surface area is 256 Å². The van der Waals surface area contributed by atoms with Crippen molar-refractivity contribution in [3.05, 3.63) is 35.9 Å². The number of allylic oxidation sites excluding steroid dienone is 2. The van der Waals surface area contributed by atoms with E-state index < -0.39 is 0 Å². The standard InChI is InChI=1S/C36H49N5S/c1-22(2)11-10-12-23(3)25-16-17-26-31-27(18-20-36(25,26)5)35(4)19-9-8-13-24(35)21-30(31)40-41-34-39-32-33(42-34)38-29-15-7-6-14-28(29)37-32/h6-7,14-15,21-23,25-27,31H,8-13,16-20H2,1-5H3,(H,37,39,41)/b40-30+/t23-,25-,26+,27+,31+,35+,36-/m1/s1. The number of hydrogen-bond acceptors (Lipinski definition) is 6. The number of thiazole rings is 1.